The Morgan fingerprint density at radius 3 is 1.95 bits per heavy atom. The summed E-state index contributed by atoms with van der Waals surface area (Å²) >= 11 is 1.91. The largest absolute Gasteiger partial charge is 0.548 e. The summed E-state index contributed by atoms with van der Waals surface area (Å²) in [5.74, 6) is -1.97. The van der Waals surface area contributed by atoms with Crippen molar-refractivity contribution in [2.24, 2.45) is 0 Å². The van der Waals surface area contributed by atoms with Gasteiger partial charge in [-0.05, 0) is 12.8 Å². The second-order valence-corrected chi connectivity index (χ2v) is 5.68. The van der Waals surface area contributed by atoms with Crippen molar-refractivity contribution in [2.75, 3.05) is 4.43 Å². The molecule has 0 aliphatic carbocycles. The van der Waals surface area contributed by atoms with E-state index in [-0.39, 0.29) is 10.3 Å². The summed E-state index contributed by atoms with van der Waals surface area (Å²) in [6.45, 7) is 3.93. The SMILES string of the molecule is CCCCC(NC(=O)C(CCCC)NC(=O)CI)C(=O)[O-]. The Labute approximate surface area is 139 Å². The molecule has 0 saturated heterocycles. The fourth-order valence-corrected chi connectivity index (χ4v) is 2.06. The summed E-state index contributed by atoms with van der Waals surface area (Å²) < 4.78 is 0.257. The van der Waals surface area contributed by atoms with Crippen LogP contribution in [0.4, 0.5) is 0 Å². The van der Waals surface area contributed by atoms with Crippen LogP contribution in [0, 0.1) is 0 Å². The summed E-state index contributed by atoms with van der Waals surface area (Å²) in [6.07, 6.45) is 4.04. The molecule has 0 rings (SSSR count). The highest BCUT2D eigenvalue weighted by Gasteiger charge is 2.22. The van der Waals surface area contributed by atoms with Crippen LogP contribution >= 0.6 is 22.6 Å². The van der Waals surface area contributed by atoms with Crippen molar-refractivity contribution < 1.29 is 19.5 Å². The number of halogens is 1. The topological polar surface area (TPSA) is 98.3 Å². The molecule has 0 aromatic heterocycles. The van der Waals surface area contributed by atoms with Gasteiger partial charge in [-0.15, -0.1) is 0 Å². The fraction of sp³-hybridized carbons (Fsp3) is 0.786. The minimum Gasteiger partial charge on any atom is -0.548 e. The summed E-state index contributed by atoms with van der Waals surface area (Å²) in [7, 11) is 0. The number of alkyl halides is 1. The highest BCUT2D eigenvalue weighted by molar-refractivity contribution is 14.1. The molecule has 0 heterocycles. The van der Waals surface area contributed by atoms with Crippen LogP contribution in [0.1, 0.15) is 52.4 Å². The van der Waals surface area contributed by atoms with E-state index < -0.39 is 24.0 Å². The highest BCUT2D eigenvalue weighted by Crippen LogP contribution is 2.05. The predicted molar refractivity (Wildman–Crippen MR) is 86.8 cm³/mol. The molecule has 21 heavy (non-hydrogen) atoms. The molecule has 2 atom stereocenters. The Bertz CT molecular complexity index is 350. The first-order chi connectivity index (χ1) is 9.96. The van der Waals surface area contributed by atoms with E-state index in [0.717, 1.165) is 19.3 Å². The second kappa shape index (κ2) is 11.8. The molecule has 2 amide bonds. The Morgan fingerprint density at radius 1 is 1.00 bits per heavy atom. The number of carboxylic acids is 1. The summed E-state index contributed by atoms with van der Waals surface area (Å²) in [6, 6.07) is -1.69. The number of nitrogens with one attached hydrogen (secondary N) is 2. The summed E-state index contributed by atoms with van der Waals surface area (Å²) in [5.41, 5.74) is 0. The Morgan fingerprint density at radius 2 is 1.52 bits per heavy atom. The maximum atomic E-state index is 12.2. The summed E-state index contributed by atoms with van der Waals surface area (Å²) in [4.78, 5) is 34.7. The standard InChI is InChI=1S/C14H25IN2O4/c1-3-5-7-10(16-12(18)9-15)13(19)17-11(14(20)21)8-6-4-2/h10-11H,3-9H2,1-2H3,(H,16,18)(H,17,19)(H,20,21)/p-1. The van der Waals surface area contributed by atoms with Gasteiger partial charge in [-0.2, -0.15) is 0 Å². The van der Waals surface area contributed by atoms with Crippen LogP contribution in [0.3, 0.4) is 0 Å². The molecule has 0 aromatic rings. The van der Waals surface area contributed by atoms with E-state index in [0.29, 0.717) is 19.3 Å². The van der Waals surface area contributed by atoms with E-state index in [9.17, 15) is 19.5 Å². The Balaban J connectivity index is 4.66. The van der Waals surface area contributed by atoms with Crippen LogP contribution in [-0.4, -0.2) is 34.3 Å². The monoisotopic (exact) mass is 411 g/mol. The molecule has 0 spiro atoms. The minimum atomic E-state index is -1.29. The van der Waals surface area contributed by atoms with Gasteiger partial charge in [0.05, 0.1) is 16.4 Å². The van der Waals surface area contributed by atoms with Crippen LogP contribution < -0.4 is 15.7 Å². The molecule has 6 nitrogen and oxygen atoms in total. The Kier molecular flexibility index (Phi) is 11.3. The van der Waals surface area contributed by atoms with E-state index in [1.165, 1.54) is 0 Å². The molecule has 0 saturated carbocycles. The third kappa shape index (κ3) is 8.90. The number of carbonyl (C=O) groups is 3. The summed E-state index contributed by atoms with van der Waals surface area (Å²) in [5, 5.41) is 16.1. The van der Waals surface area contributed by atoms with Gasteiger partial charge in [-0.1, -0.05) is 62.1 Å². The molecule has 0 bridgehead atoms. The van der Waals surface area contributed by atoms with Crippen molar-refractivity contribution in [3.8, 4) is 0 Å². The first kappa shape index (κ1) is 20.1. The van der Waals surface area contributed by atoms with Crippen LogP contribution in [0.15, 0.2) is 0 Å². The van der Waals surface area contributed by atoms with E-state index in [4.69, 9.17) is 0 Å². The third-order valence-electron chi connectivity index (χ3n) is 3.07. The third-order valence-corrected chi connectivity index (χ3v) is 3.76. The van der Waals surface area contributed by atoms with Crippen LogP contribution in [0.5, 0.6) is 0 Å². The van der Waals surface area contributed by atoms with Gasteiger partial charge in [0.1, 0.15) is 6.04 Å². The first-order valence-electron chi connectivity index (χ1n) is 7.32. The van der Waals surface area contributed by atoms with Crippen molar-refractivity contribution in [3.63, 3.8) is 0 Å². The van der Waals surface area contributed by atoms with E-state index in [1.54, 1.807) is 0 Å². The number of unbranched alkanes of at least 4 members (excludes halogenated alkanes) is 2. The smallest absolute Gasteiger partial charge is 0.243 e. The molecule has 0 radical (unpaired) electrons. The van der Waals surface area contributed by atoms with Crippen molar-refractivity contribution in [2.45, 2.75) is 64.5 Å². The van der Waals surface area contributed by atoms with E-state index >= 15 is 0 Å². The number of amides is 2. The minimum absolute atomic E-state index is 0.231. The zero-order chi connectivity index (χ0) is 16.3. The molecule has 0 fully saturated rings. The number of carbonyl (C=O) groups excluding carboxylic acids is 3. The maximum absolute atomic E-state index is 12.2. The van der Waals surface area contributed by atoms with Gasteiger partial charge >= 0.3 is 0 Å². The molecule has 7 heteroatoms. The lowest BCUT2D eigenvalue weighted by molar-refractivity contribution is -0.308. The number of rotatable bonds is 11. The number of aliphatic carboxylic acids is 1. The average molecular weight is 411 g/mol. The number of hydrogen-bond donors (Lipinski definition) is 2. The van der Waals surface area contributed by atoms with E-state index in [2.05, 4.69) is 10.6 Å². The zero-order valence-corrected chi connectivity index (χ0v) is 14.8. The van der Waals surface area contributed by atoms with Gasteiger partial charge in [0.2, 0.25) is 11.8 Å². The van der Waals surface area contributed by atoms with Gasteiger partial charge in [0, 0.05) is 0 Å². The molecule has 2 N–H and O–H groups in total. The molecule has 122 valence electrons. The van der Waals surface area contributed by atoms with E-state index in [1.807, 2.05) is 36.4 Å². The quantitative estimate of drug-likeness (QED) is 0.383. The van der Waals surface area contributed by atoms with Crippen LogP contribution in [-0.2, 0) is 14.4 Å². The Hall–Kier alpha value is -0.860. The van der Waals surface area contributed by atoms with Crippen molar-refractivity contribution in [1.82, 2.24) is 10.6 Å². The van der Waals surface area contributed by atoms with Gasteiger partial charge in [0.15, 0.2) is 0 Å². The predicted octanol–water partition coefficient (Wildman–Crippen LogP) is 0.521. The second-order valence-electron chi connectivity index (χ2n) is 4.92. The van der Waals surface area contributed by atoms with Gasteiger partial charge < -0.3 is 20.5 Å². The first-order valence-corrected chi connectivity index (χ1v) is 8.85. The number of hydrogen-bond acceptors (Lipinski definition) is 4. The molecule has 0 aliphatic heterocycles. The highest BCUT2D eigenvalue weighted by atomic mass is 127. The fourth-order valence-electron chi connectivity index (χ4n) is 1.84. The van der Waals surface area contributed by atoms with Gasteiger partial charge in [0.25, 0.3) is 0 Å². The molecule has 0 aromatic carbocycles. The van der Waals surface area contributed by atoms with Crippen molar-refractivity contribution >= 4 is 40.4 Å². The zero-order valence-electron chi connectivity index (χ0n) is 12.6. The average Bonchev–Trinajstić information content (AvgIpc) is 2.46. The van der Waals surface area contributed by atoms with Gasteiger partial charge in [-0.25, -0.2) is 0 Å². The van der Waals surface area contributed by atoms with Crippen LogP contribution in [0.25, 0.3) is 0 Å². The van der Waals surface area contributed by atoms with Gasteiger partial charge in [-0.3, -0.25) is 9.59 Å². The maximum Gasteiger partial charge on any atom is 0.243 e. The number of carboxylic acid groups (broad SMARTS) is 1. The van der Waals surface area contributed by atoms with Crippen molar-refractivity contribution in [1.29, 1.82) is 0 Å². The lowest BCUT2D eigenvalue weighted by Crippen LogP contribution is -2.54. The normalized spacial score (nSPS) is 13.3. The lowest BCUT2D eigenvalue weighted by atomic mass is 10.1. The van der Waals surface area contributed by atoms with Crippen LogP contribution in [0.2, 0.25) is 0 Å². The molecule has 2 unspecified atom stereocenters. The van der Waals surface area contributed by atoms with Crippen molar-refractivity contribution in [3.05, 3.63) is 0 Å². The lowest BCUT2D eigenvalue weighted by Gasteiger charge is -2.24. The molecular weight excluding hydrogens is 387 g/mol. The molecular formula is C14H24IN2O4-. The molecule has 0 aliphatic rings.